The molecule has 0 fully saturated rings. The summed E-state index contributed by atoms with van der Waals surface area (Å²) in [4.78, 5) is 12.1. The summed E-state index contributed by atoms with van der Waals surface area (Å²) in [5.41, 5.74) is 0.612. The molecule has 0 spiro atoms. The second-order valence-electron chi connectivity index (χ2n) is 4.58. The lowest BCUT2D eigenvalue weighted by molar-refractivity contribution is -0.116. The SMILES string of the molecule is COc1ccc(NC(=O)C(C)Nc2ccn(C)n2)cc1Cl. The van der Waals surface area contributed by atoms with Gasteiger partial charge in [-0.2, -0.15) is 5.10 Å². The molecule has 0 aliphatic heterocycles. The highest BCUT2D eigenvalue weighted by Gasteiger charge is 2.14. The molecule has 0 saturated heterocycles. The largest absolute Gasteiger partial charge is 0.495 e. The van der Waals surface area contributed by atoms with Crippen molar-refractivity contribution in [1.29, 1.82) is 0 Å². The molecule has 1 unspecified atom stereocenters. The Morgan fingerprint density at radius 1 is 1.43 bits per heavy atom. The average molecular weight is 309 g/mol. The Balaban J connectivity index is 1.98. The first-order valence-corrected chi connectivity index (χ1v) is 6.78. The fraction of sp³-hybridized carbons (Fsp3) is 0.286. The van der Waals surface area contributed by atoms with Crippen molar-refractivity contribution in [2.24, 2.45) is 7.05 Å². The van der Waals surface area contributed by atoms with E-state index >= 15 is 0 Å². The van der Waals surface area contributed by atoms with E-state index in [4.69, 9.17) is 16.3 Å². The summed E-state index contributed by atoms with van der Waals surface area (Å²) in [5.74, 6) is 1.03. The van der Waals surface area contributed by atoms with Gasteiger partial charge in [-0.15, -0.1) is 0 Å². The van der Waals surface area contributed by atoms with E-state index in [1.165, 1.54) is 0 Å². The summed E-state index contributed by atoms with van der Waals surface area (Å²) < 4.78 is 6.73. The zero-order valence-corrected chi connectivity index (χ0v) is 12.8. The van der Waals surface area contributed by atoms with Crippen LogP contribution in [0.2, 0.25) is 5.02 Å². The molecular weight excluding hydrogens is 292 g/mol. The van der Waals surface area contributed by atoms with Crippen LogP contribution in [0.15, 0.2) is 30.5 Å². The molecule has 0 radical (unpaired) electrons. The minimum atomic E-state index is -0.430. The van der Waals surface area contributed by atoms with Crippen molar-refractivity contribution in [3.8, 4) is 5.75 Å². The number of aromatic nitrogens is 2. The molecule has 0 aliphatic carbocycles. The average Bonchev–Trinajstić information content (AvgIpc) is 2.84. The van der Waals surface area contributed by atoms with Gasteiger partial charge in [0.25, 0.3) is 0 Å². The fourth-order valence-corrected chi connectivity index (χ4v) is 2.03. The van der Waals surface area contributed by atoms with Crippen LogP contribution in [0, 0.1) is 0 Å². The molecule has 1 amide bonds. The summed E-state index contributed by atoms with van der Waals surface area (Å²) in [6.45, 7) is 1.76. The van der Waals surface area contributed by atoms with Crippen LogP contribution in [0.4, 0.5) is 11.5 Å². The molecule has 2 aromatic rings. The Labute approximate surface area is 128 Å². The maximum atomic E-state index is 12.1. The zero-order valence-electron chi connectivity index (χ0n) is 12.1. The minimum Gasteiger partial charge on any atom is -0.495 e. The fourth-order valence-electron chi connectivity index (χ4n) is 1.77. The summed E-state index contributed by atoms with van der Waals surface area (Å²) in [6.07, 6.45) is 1.80. The Morgan fingerprint density at radius 2 is 2.19 bits per heavy atom. The highest BCUT2D eigenvalue weighted by atomic mass is 35.5. The number of nitrogens with one attached hydrogen (secondary N) is 2. The number of anilines is 2. The van der Waals surface area contributed by atoms with Crippen molar-refractivity contribution in [2.75, 3.05) is 17.7 Å². The Morgan fingerprint density at radius 3 is 2.76 bits per heavy atom. The maximum Gasteiger partial charge on any atom is 0.246 e. The van der Waals surface area contributed by atoms with Crippen molar-refractivity contribution >= 4 is 29.0 Å². The number of hydrogen-bond donors (Lipinski definition) is 2. The third kappa shape index (κ3) is 3.88. The second-order valence-corrected chi connectivity index (χ2v) is 4.99. The monoisotopic (exact) mass is 308 g/mol. The summed E-state index contributed by atoms with van der Waals surface area (Å²) >= 11 is 6.02. The van der Waals surface area contributed by atoms with Gasteiger partial charge in [0.05, 0.1) is 12.1 Å². The van der Waals surface area contributed by atoms with Crippen LogP contribution in [0.3, 0.4) is 0 Å². The molecule has 1 aromatic carbocycles. The predicted molar refractivity (Wildman–Crippen MR) is 82.9 cm³/mol. The number of methoxy groups -OCH3 is 1. The number of rotatable bonds is 5. The van der Waals surface area contributed by atoms with Gasteiger partial charge in [-0.3, -0.25) is 9.48 Å². The topological polar surface area (TPSA) is 68.2 Å². The minimum absolute atomic E-state index is 0.179. The van der Waals surface area contributed by atoms with Gasteiger partial charge in [0.2, 0.25) is 5.91 Å². The van der Waals surface area contributed by atoms with Gasteiger partial charge >= 0.3 is 0 Å². The number of benzene rings is 1. The molecule has 0 saturated carbocycles. The smallest absolute Gasteiger partial charge is 0.246 e. The summed E-state index contributed by atoms with van der Waals surface area (Å²) in [6, 6.07) is 6.45. The first-order valence-electron chi connectivity index (χ1n) is 6.40. The number of carbonyl (C=O) groups is 1. The second kappa shape index (κ2) is 6.49. The van der Waals surface area contributed by atoms with E-state index < -0.39 is 6.04 Å². The van der Waals surface area contributed by atoms with E-state index in [-0.39, 0.29) is 5.91 Å². The summed E-state index contributed by atoms with van der Waals surface area (Å²) in [7, 11) is 3.35. The zero-order chi connectivity index (χ0) is 15.4. The van der Waals surface area contributed by atoms with E-state index in [1.54, 1.807) is 49.2 Å². The van der Waals surface area contributed by atoms with E-state index in [9.17, 15) is 4.79 Å². The standard InChI is InChI=1S/C14H17ClN4O2/c1-9(16-13-6-7-19(2)18-13)14(20)17-10-4-5-12(21-3)11(15)8-10/h4-9H,1-3H3,(H,16,18)(H,17,20). The van der Waals surface area contributed by atoms with Gasteiger partial charge in [0.1, 0.15) is 17.6 Å². The van der Waals surface area contributed by atoms with Gasteiger partial charge in [-0.25, -0.2) is 0 Å². The molecule has 112 valence electrons. The number of carbonyl (C=O) groups excluding carboxylic acids is 1. The van der Waals surface area contributed by atoms with E-state index in [0.717, 1.165) is 0 Å². The third-order valence-electron chi connectivity index (χ3n) is 2.89. The lowest BCUT2D eigenvalue weighted by Crippen LogP contribution is -2.32. The van der Waals surface area contributed by atoms with Crippen molar-refractivity contribution in [3.63, 3.8) is 0 Å². The first kappa shape index (κ1) is 15.2. The first-order chi connectivity index (χ1) is 9.99. The van der Waals surface area contributed by atoms with Crippen LogP contribution in [0.5, 0.6) is 5.75 Å². The molecule has 2 rings (SSSR count). The normalized spacial score (nSPS) is 11.8. The molecule has 21 heavy (non-hydrogen) atoms. The molecular formula is C14H17ClN4O2. The molecule has 7 heteroatoms. The number of ether oxygens (including phenoxy) is 1. The Kier molecular flexibility index (Phi) is 4.70. The number of nitrogens with zero attached hydrogens (tertiary/aromatic N) is 2. The molecule has 0 aliphatic rings. The van der Waals surface area contributed by atoms with Crippen molar-refractivity contribution in [3.05, 3.63) is 35.5 Å². The molecule has 2 N–H and O–H groups in total. The lowest BCUT2D eigenvalue weighted by Gasteiger charge is -2.14. The quantitative estimate of drug-likeness (QED) is 0.890. The van der Waals surface area contributed by atoms with E-state index in [0.29, 0.717) is 22.3 Å². The van der Waals surface area contributed by atoms with Gasteiger partial charge in [0.15, 0.2) is 0 Å². The molecule has 1 heterocycles. The van der Waals surface area contributed by atoms with Crippen molar-refractivity contribution in [2.45, 2.75) is 13.0 Å². The van der Waals surface area contributed by atoms with Crippen LogP contribution >= 0.6 is 11.6 Å². The molecule has 6 nitrogen and oxygen atoms in total. The summed E-state index contributed by atoms with van der Waals surface area (Å²) in [5, 5.41) is 10.4. The Hall–Kier alpha value is -2.21. The highest BCUT2D eigenvalue weighted by molar-refractivity contribution is 6.32. The maximum absolute atomic E-state index is 12.1. The molecule has 0 bridgehead atoms. The third-order valence-corrected chi connectivity index (χ3v) is 3.19. The van der Waals surface area contributed by atoms with Crippen molar-refractivity contribution in [1.82, 2.24) is 9.78 Å². The van der Waals surface area contributed by atoms with Gasteiger partial charge in [-0.05, 0) is 25.1 Å². The Bertz CT molecular complexity index is 642. The lowest BCUT2D eigenvalue weighted by atomic mass is 10.2. The van der Waals surface area contributed by atoms with Crippen LogP contribution in [-0.4, -0.2) is 28.8 Å². The van der Waals surface area contributed by atoms with E-state index in [2.05, 4.69) is 15.7 Å². The van der Waals surface area contributed by atoms with Crippen LogP contribution in [0.1, 0.15) is 6.92 Å². The number of halogens is 1. The van der Waals surface area contributed by atoms with Crippen LogP contribution in [-0.2, 0) is 11.8 Å². The van der Waals surface area contributed by atoms with Crippen molar-refractivity contribution < 1.29 is 9.53 Å². The molecule has 1 atom stereocenters. The number of hydrogen-bond acceptors (Lipinski definition) is 4. The van der Waals surface area contributed by atoms with Crippen LogP contribution in [0.25, 0.3) is 0 Å². The van der Waals surface area contributed by atoms with Crippen LogP contribution < -0.4 is 15.4 Å². The predicted octanol–water partition coefficient (Wildman–Crippen LogP) is 2.52. The van der Waals surface area contributed by atoms with Gasteiger partial charge in [-0.1, -0.05) is 11.6 Å². The van der Waals surface area contributed by atoms with Gasteiger partial charge < -0.3 is 15.4 Å². The number of amides is 1. The molecule has 1 aromatic heterocycles. The highest BCUT2D eigenvalue weighted by Crippen LogP contribution is 2.27. The van der Waals surface area contributed by atoms with Gasteiger partial charge in [0, 0.05) is 25.0 Å². The van der Waals surface area contributed by atoms with E-state index in [1.807, 2.05) is 7.05 Å². The number of aryl methyl sites for hydroxylation is 1.